The van der Waals surface area contributed by atoms with Crippen LogP contribution in [0.2, 0.25) is 5.02 Å². The van der Waals surface area contributed by atoms with Gasteiger partial charge in [0.2, 0.25) is 0 Å². The van der Waals surface area contributed by atoms with Crippen molar-refractivity contribution in [3.05, 3.63) is 42.4 Å². The maximum atomic E-state index is 13.0. The molecule has 1 N–H and O–H groups in total. The Bertz CT molecular complexity index is 1090. The fraction of sp³-hybridized carbons (Fsp3) is 0.353. The summed E-state index contributed by atoms with van der Waals surface area (Å²) in [5.41, 5.74) is 0.843. The third-order valence-electron chi connectivity index (χ3n) is 4.58. The molecule has 4 rings (SSSR count). The number of aromatic amines is 1. The van der Waals surface area contributed by atoms with E-state index < -0.39 is 0 Å². The van der Waals surface area contributed by atoms with Crippen LogP contribution in [0.4, 0.5) is 0 Å². The summed E-state index contributed by atoms with van der Waals surface area (Å²) in [6.45, 7) is 1.50. The largest absolute Gasteiger partial charge is 0.338 e. The van der Waals surface area contributed by atoms with Gasteiger partial charge in [-0.25, -0.2) is 0 Å². The lowest BCUT2D eigenvalue weighted by atomic mass is 10.2. The summed E-state index contributed by atoms with van der Waals surface area (Å²) in [7, 11) is 0. The molecule has 25 heavy (non-hydrogen) atoms. The zero-order valence-corrected chi connectivity index (χ0v) is 15.8. The lowest BCUT2D eigenvalue weighted by Gasteiger charge is -2.19. The number of H-pyrrole nitrogens is 1. The van der Waals surface area contributed by atoms with Gasteiger partial charge in [-0.3, -0.25) is 14.0 Å². The first-order chi connectivity index (χ1) is 12.1. The lowest BCUT2D eigenvalue weighted by molar-refractivity contribution is 0.0768. The number of benzene rings is 1. The number of aromatic nitrogens is 2. The van der Waals surface area contributed by atoms with Crippen LogP contribution in [0.1, 0.15) is 35.4 Å². The molecular weight excluding hydrogens is 378 g/mol. The number of nitrogens with one attached hydrogen (secondary N) is 1. The van der Waals surface area contributed by atoms with Crippen molar-refractivity contribution in [2.75, 3.05) is 13.1 Å². The van der Waals surface area contributed by atoms with Crippen molar-refractivity contribution in [3.8, 4) is 0 Å². The average molecular weight is 394 g/mol. The molecule has 1 aliphatic rings. The maximum Gasteiger partial charge on any atom is 0.267 e. The molecule has 1 aromatic carbocycles. The molecule has 3 heterocycles. The summed E-state index contributed by atoms with van der Waals surface area (Å²) < 4.78 is 2.27. The minimum absolute atomic E-state index is 0.0578. The van der Waals surface area contributed by atoms with E-state index in [1.54, 1.807) is 22.6 Å². The highest BCUT2D eigenvalue weighted by Crippen LogP contribution is 2.26. The van der Waals surface area contributed by atoms with Gasteiger partial charge in [-0.05, 0) is 43.3 Å². The molecule has 1 amide bonds. The van der Waals surface area contributed by atoms with Crippen molar-refractivity contribution in [1.29, 1.82) is 0 Å². The number of thiazole rings is 1. The van der Waals surface area contributed by atoms with Gasteiger partial charge in [0.1, 0.15) is 10.5 Å². The van der Waals surface area contributed by atoms with Crippen LogP contribution in [0.3, 0.4) is 0 Å². The molecule has 1 fully saturated rings. The van der Waals surface area contributed by atoms with Crippen molar-refractivity contribution in [2.24, 2.45) is 0 Å². The smallest absolute Gasteiger partial charge is 0.267 e. The Labute approximate surface area is 157 Å². The van der Waals surface area contributed by atoms with Gasteiger partial charge >= 0.3 is 0 Å². The molecule has 0 spiro atoms. The normalized spacial score (nSPS) is 15.6. The van der Waals surface area contributed by atoms with E-state index in [9.17, 15) is 9.59 Å². The zero-order valence-electron chi connectivity index (χ0n) is 13.4. The topological polar surface area (TPSA) is 57.6 Å². The Morgan fingerprint density at radius 3 is 2.64 bits per heavy atom. The fourth-order valence-electron chi connectivity index (χ4n) is 3.32. The van der Waals surface area contributed by atoms with Crippen LogP contribution in [0.15, 0.2) is 23.0 Å². The van der Waals surface area contributed by atoms with Gasteiger partial charge in [0.05, 0.1) is 10.9 Å². The second-order valence-electron chi connectivity index (χ2n) is 6.20. The number of hydrogen-bond donors (Lipinski definition) is 1. The Balaban J connectivity index is 1.94. The van der Waals surface area contributed by atoms with Crippen LogP contribution in [0.5, 0.6) is 0 Å². The molecule has 0 atom stereocenters. The summed E-state index contributed by atoms with van der Waals surface area (Å²) in [5.74, 6) is -0.0578. The van der Waals surface area contributed by atoms with Crippen LogP contribution in [0, 0.1) is 3.95 Å². The Hall–Kier alpha value is -1.70. The number of fused-ring (bicyclic) bond motifs is 3. The number of nitrogens with zero attached hydrogens (tertiary/aromatic N) is 2. The molecule has 1 aliphatic heterocycles. The van der Waals surface area contributed by atoms with E-state index >= 15 is 0 Å². The van der Waals surface area contributed by atoms with Gasteiger partial charge in [-0.15, -0.1) is 0 Å². The second kappa shape index (κ2) is 6.55. The molecule has 2 aromatic heterocycles. The number of halogens is 1. The number of hydrogen-bond acceptors (Lipinski definition) is 4. The van der Waals surface area contributed by atoms with E-state index in [1.165, 1.54) is 11.3 Å². The highest BCUT2D eigenvalue weighted by Gasteiger charge is 2.23. The minimum atomic E-state index is -0.246. The van der Waals surface area contributed by atoms with Gasteiger partial charge in [0, 0.05) is 18.1 Å². The lowest BCUT2D eigenvalue weighted by Crippen LogP contribution is -2.31. The SMILES string of the molecule is O=C(c1sc(=S)n2c1[nH]c(=O)c1ccc(Cl)cc12)N1CCCCCC1. The molecular formula is C17H16ClN3O2S2. The van der Waals surface area contributed by atoms with E-state index in [4.69, 9.17) is 23.8 Å². The molecule has 3 aromatic rings. The second-order valence-corrected chi connectivity index (χ2v) is 8.28. The van der Waals surface area contributed by atoms with Gasteiger partial charge < -0.3 is 9.88 Å². The van der Waals surface area contributed by atoms with E-state index in [2.05, 4.69) is 4.98 Å². The highest BCUT2D eigenvalue weighted by molar-refractivity contribution is 7.73. The minimum Gasteiger partial charge on any atom is -0.338 e. The van der Waals surface area contributed by atoms with Crippen LogP contribution in [0.25, 0.3) is 16.6 Å². The zero-order chi connectivity index (χ0) is 17.6. The highest BCUT2D eigenvalue weighted by atomic mass is 35.5. The van der Waals surface area contributed by atoms with E-state index in [1.807, 2.05) is 4.90 Å². The molecule has 0 bridgehead atoms. The van der Waals surface area contributed by atoms with Gasteiger partial charge in [-0.2, -0.15) is 0 Å². The summed E-state index contributed by atoms with van der Waals surface area (Å²) in [4.78, 5) is 30.7. The van der Waals surface area contributed by atoms with Crippen molar-refractivity contribution in [3.63, 3.8) is 0 Å². The third-order valence-corrected chi connectivity index (χ3v) is 6.17. The fourth-order valence-corrected chi connectivity index (χ4v) is 4.84. The predicted molar refractivity (Wildman–Crippen MR) is 104 cm³/mol. The number of amides is 1. The van der Waals surface area contributed by atoms with Gasteiger partial charge in [-0.1, -0.05) is 35.8 Å². The van der Waals surface area contributed by atoms with Crippen molar-refractivity contribution in [2.45, 2.75) is 25.7 Å². The number of carbonyl (C=O) groups is 1. The van der Waals surface area contributed by atoms with Crippen LogP contribution in [-0.2, 0) is 0 Å². The molecule has 1 saturated heterocycles. The third kappa shape index (κ3) is 2.90. The summed E-state index contributed by atoms with van der Waals surface area (Å²) in [6.07, 6.45) is 4.32. The predicted octanol–water partition coefficient (Wildman–Crippen LogP) is 4.24. The monoisotopic (exact) mass is 393 g/mol. The molecule has 0 saturated carbocycles. The summed E-state index contributed by atoms with van der Waals surface area (Å²) in [5, 5.41) is 1.02. The van der Waals surface area contributed by atoms with Gasteiger partial charge in [0.15, 0.2) is 3.95 Å². The molecule has 0 radical (unpaired) electrons. The number of rotatable bonds is 1. The first kappa shape index (κ1) is 16.8. The Morgan fingerprint density at radius 2 is 1.92 bits per heavy atom. The number of likely N-dealkylation sites (tertiary alicyclic amines) is 1. The van der Waals surface area contributed by atoms with Crippen LogP contribution in [-0.4, -0.2) is 33.3 Å². The Morgan fingerprint density at radius 1 is 1.20 bits per heavy atom. The first-order valence-electron chi connectivity index (χ1n) is 8.22. The van der Waals surface area contributed by atoms with Crippen molar-refractivity contribution in [1.82, 2.24) is 14.3 Å². The van der Waals surface area contributed by atoms with E-state index in [0.29, 0.717) is 30.4 Å². The first-order valence-corrected chi connectivity index (χ1v) is 9.83. The summed E-state index contributed by atoms with van der Waals surface area (Å²) >= 11 is 12.8. The molecule has 0 aliphatic carbocycles. The van der Waals surface area contributed by atoms with E-state index in [0.717, 1.165) is 38.8 Å². The summed E-state index contributed by atoms with van der Waals surface area (Å²) in [6, 6.07) is 5.05. The average Bonchev–Trinajstić information content (AvgIpc) is 2.77. The molecule has 130 valence electrons. The van der Waals surface area contributed by atoms with E-state index in [-0.39, 0.29) is 11.5 Å². The van der Waals surface area contributed by atoms with Crippen molar-refractivity contribution < 1.29 is 4.79 Å². The standard InChI is InChI=1S/C17H16ClN3O2S2/c18-10-5-6-11-12(9-10)21-14(19-15(11)22)13(25-17(21)24)16(23)20-7-3-1-2-4-8-20/h5-6,9H,1-4,7-8H2,(H,19,22). The molecule has 5 nitrogen and oxygen atoms in total. The molecule has 0 unspecified atom stereocenters. The quantitative estimate of drug-likeness (QED) is 0.629. The van der Waals surface area contributed by atoms with Crippen LogP contribution < -0.4 is 5.56 Å². The van der Waals surface area contributed by atoms with Gasteiger partial charge in [0.25, 0.3) is 11.5 Å². The molecule has 8 heteroatoms. The van der Waals surface area contributed by atoms with Crippen LogP contribution >= 0.6 is 35.2 Å². The van der Waals surface area contributed by atoms with Crippen molar-refractivity contribution >= 4 is 57.6 Å². The Kier molecular flexibility index (Phi) is 4.39. The number of carbonyl (C=O) groups excluding carboxylic acids is 1. The maximum absolute atomic E-state index is 13.0.